The van der Waals surface area contributed by atoms with E-state index in [1.54, 1.807) is 31.3 Å². The number of rotatable bonds is 3. The number of anilines is 1. The molecule has 0 unspecified atom stereocenters. The van der Waals surface area contributed by atoms with Gasteiger partial charge in [-0.05, 0) is 24.3 Å². The molecule has 4 nitrogen and oxygen atoms in total. The molecule has 0 saturated heterocycles. The highest BCUT2D eigenvalue weighted by Crippen LogP contribution is 2.20. The van der Waals surface area contributed by atoms with Crippen molar-refractivity contribution < 1.29 is 14.3 Å². The Labute approximate surface area is 109 Å². The molecule has 1 aromatic rings. The minimum atomic E-state index is -1.10. The Hall–Kier alpha value is -1.26. The average Bonchev–Trinajstić information content (AvgIpc) is 2.27. The molecule has 17 heavy (non-hydrogen) atoms. The summed E-state index contributed by atoms with van der Waals surface area (Å²) in [5.74, 6) is -0.410. The highest BCUT2D eigenvalue weighted by atomic mass is 35.5. The van der Waals surface area contributed by atoms with E-state index in [1.807, 2.05) is 0 Å². The van der Waals surface area contributed by atoms with Gasteiger partial charge >= 0.3 is 5.97 Å². The molecule has 0 atom stereocenters. The molecule has 6 heteroatoms. The van der Waals surface area contributed by atoms with Crippen LogP contribution in [0.15, 0.2) is 24.3 Å². The molecule has 1 amide bonds. The minimum Gasteiger partial charge on any atom is -0.427 e. The summed E-state index contributed by atoms with van der Waals surface area (Å²) in [7, 11) is 1.56. The lowest BCUT2D eigenvalue weighted by Crippen LogP contribution is -2.30. The summed E-state index contributed by atoms with van der Waals surface area (Å²) >= 11 is 11.0. The number of hydrogen-bond acceptors (Lipinski definition) is 3. The summed E-state index contributed by atoms with van der Waals surface area (Å²) in [6, 6.07) is 6.43. The van der Waals surface area contributed by atoms with Crippen molar-refractivity contribution in [3.8, 4) is 5.75 Å². The van der Waals surface area contributed by atoms with E-state index in [0.29, 0.717) is 11.4 Å². The van der Waals surface area contributed by atoms with E-state index >= 15 is 0 Å². The lowest BCUT2D eigenvalue weighted by atomic mass is 10.3. The summed E-state index contributed by atoms with van der Waals surface area (Å²) in [5.41, 5.74) is 0.609. The maximum atomic E-state index is 11.5. The first-order chi connectivity index (χ1) is 7.91. The predicted octanol–water partition coefficient (Wildman–Crippen LogP) is 2.38. The van der Waals surface area contributed by atoms with Crippen LogP contribution in [0, 0.1) is 0 Å². The smallest absolute Gasteiger partial charge is 0.308 e. The van der Waals surface area contributed by atoms with Crippen molar-refractivity contribution in [1.82, 2.24) is 0 Å². The normalized spacial score (nSPS) is 10.2. The van der Waals surface area contributed by atoms with Gasteiger partial charge in [-0.2, -0.15) is 0 Å². The maximum absolute atomic E-state index is 11.5. The molecular formula is C11H11Cl2NO3. The van der Waals surface area contributed by atoms with Gasteiger partial charge in [-0.1, -0.05) is 23.2 Å². The second kappa shape index (κ2) is 5.89. The van der Waals surface area contributed by atoms with Crippen molar-refractivity contribution in [2.45, 2.75) is 11.8 Å². The SMILES string of the molecule is CC(=O)Oc1ccc(N(C)C(=O)C(Cl)Cl)cc1. The van der Waals surface area contributed by atoms with Crippen LogP contribution >= 0.6 is 23.2 Å². The minimum absolute atomic E-state index is 0.399. The third kappa shape index (κ3) is 3.91. The second-order valence-electron chi connectivity index (χ2n) is 3.29. The number of ether oxygens (including phenoxy) is 1. The molecule has 0 aliphatic carbocycles. The lowest BCUT2D eigenvalue weighted by molar-refractivity contribution is -0.131. The van der Waals surface area contributed by atoms with Gasteiger partial charge < -0.3 is 9.64 Å². The summed E-state index contributed by atoms with van der Waals surface area (Å²) in [6.07, 6.45) is 0. The van der Waals surface area contributed by atoms with Crippen LogP contribution in [0.25, 0.3) is 0 Å². The van der Waals surface area contributed by atoms with Crippen LogP contribution in [-0.2, 0) is 9.59 Å². The Balaban J connectivity index is 2.80. The highest BCUT2D eigenvalue weighted by Gasteiger charge is 2.17. The Kier molecular flexibility index (Phi) is 4.78. The fraction of sp³-hybridized carbons (Fsp3) is 0.273. The van der Waals surface area contributed by atoms with E-state index in [0.717, 1.165) is 0 Å². The monoisotopic (exact) mass is 275 g/mol. The Morgan fingerprint density at radius 2 is 1.76 bits per heavy atom. The summed E-state index contributed by atoms with van der Waals surface area (Å²) in [5, 5.41) is 0. The molecule has 1 rings (SSSR count). The van der Waals surface area contributed by atoms with E-state index in [4.69, 9.17) is 27.9 Å². The van der Waals surface area contributed by atoms with Crippen molar-refractivity contribution >= 4 is 40.8 Å². The van der Waals surface area contributed by atoms with Gasteiger partial charge in [0.2, 0.25) is 0 Å². The number of nitrogens with zero attached hydrogens (tertiary/aromatic N) is 1. The summed E-state index contributed by atoms with van der Waals surface area (Å²) < 4.78 is 4.86. The third-order valence-electron chi connectivity index (χ3n) is 2.00. The molecular weight excluding hydrogens is 265 g/mol. The van der Waals surface area contributed by atoms with Crippen LogP contribution in [0.2, 0.25) is 0 Å². The number of halogens is 2. The average molecular weight is 276 g/mol. The molecule has 0 fully saturated rings. The maximum Gasteiger partial charge on any atom is 0.308 e. The second-order valence-corrected chi connectivity index (χ2v) is 4.38. The van der Waals surface area contributed by atoms with Gasteiger partial charge in [0.25, 0.3) is 5.91 Å². The topological polar surface area (TPSA) is 46.6 Å². The standard InChI is InChI=1S/C11H11Cl2NO3/c1-7(15)17-9-5-3-8(4-6-9)14(2)11(16)10(12)13/h3-6,10H,1-2H3. The van der Waals surface area contributed by atoms with Gasteiger partial charge in [0.05, 0.1) is 0 Å². The molecule has 0 heterocycles. The zero-order valence-electron chi connectivity index (χ0n) is 9.31. The van der Waals surface area contributed by atoms with Crippen LogP contribution < -0.4 is 9.64 Å². The molecule has 0 spiro atoms. The largest absolute Gasteiger partial charge is 0.427 e. The number of carbonyl (C=O) groups excluding carboxylic acids is 2. The molecule has 0 radical (unpaired) electrons. The molecule has 1 aromatic carbocycles. The zero-order chi connectivity index (χ0) is 13.0. The van der Waals surface area contributed by atoms with Crippen LogP contribution in [-0.4, -0.2) is 23.8 Å². The number of amides is 1. The van der Waals surface area contributed by atoms with Gasteiger partial charge in [-0.25, -0.2) is 0 Å². The Morgan fingerprint density at radius 3 is 2.18 bits per heavy atom. The quantitative estimate of drug-likeness (QED) is 0.483. The van der Waals surface area contributed by atoms with Crippen molar-refractivity contribution in [2.24, 2.45) is 0 Å². The molecule has 0 bridgehead atoms. The van der Waals surface area contributed by atoms with E-state index in [2.05, 4.69) is 0 Å². The fourth-order valence-electron chi connectivity index (χ4n) is 1.18. The highest BCUT2D eigenvalue weighted by molar-refractivity contribution is 6.54. The van der Waals surface area contributed by atoms with Gasteiger partial charge in [-0.15, -0.1) is 0 Å². The van der Waals surface area contributed by atoms with Crippen molar-refractivity contribution in [1.29, 1.82) is 0 Å². The van der Waals surface area contributed by atoms with Gasteiger partial charge in [0.1, 0.15) is 5.75 Å². The Bertz CT molecular complexity index is 417. The first-order valence-electron chi connectivity index (χ1n) is 4.76. The van der Waals surface area contributed by atoms with Gasteiger partial charge in [-0.3, -0.25) is 9.59 Å². The van der Waals surface area contributed by atoms with Gasteiger partial charge in [0, 0.05) is 19.7 Å². The van der Waals surface area contributed by atoms with Crippen LogP contribution in [0.1, 0.15) is 6.92 Å². The van der Waals surface area contributed by atoms with E-state index < -0.39 is 16.7 Å². The zero-order valence-corrected chi connectivity index (χ0v) is 10.8. The van der Waals surface area contributed by atoms with Crippen LogP contribution in [0.3, 0.4) is 0 Å². The van der Waals surface area contributed by atoms with Crippen molar-refractivity contribution in [2.75, 3.05) is 11.9 Å². The number of alkyl halides is 2. The van der Waals surface area contributed by atoms with E-state index in [1.165, 1.54) is 11.8 Å². The molecule has 0 aliphatic rings. The Morgan fingerprint density at radius 1 is 1.24 bits per heavy atom. The predicted molar refractivity (Wildman–Crippen MR) is 66.7 cm³/mol. The molecule has 0 N–H and O–H groups in total. The number of hydrogen-bond donors (Lipinski definition) is 0. The molecule has 0 aromatic heterocycles. The van der Waals surface area contributed by atoms with Crippen molar-refractivity contribution in [3.63, 3.8) is 0 Å². The van der Waals surface area contributed by atoms with Gasteiger partial charge in [0.15, 0.2) is 4.84 Å². The molecule has 0 saturated carbocycles. The fourth-order valence-corrected chi connectivity index (χ4v) is 1.47. The third-order valence-corrected chi connectivity index (χ3v) is 2.38. The summed E-state index contributed by atoms with van der Waals surface area (Å²) in [4.78, 5) is 22.4. The molecule has 92 valence electrons. The van der Waals surface area contributed by atoms with Crippen molar-refractivity contribution in [3.05, 3.63) is 24.3 Å². The van der Waals surface area contributed by atoms with E-state index in [-0.39, 0.29) is 0 Å². The number of carbonyl (C=O) groups is 2. The number of esters is 1. The first-order valence-corrected chi connectivity index (χ1v) is 5.63. The van der Waals surface area contributed by atoms with Crippen LogP contribution in [0.5, 0.6) is 5.75 Å². The first kappa shape index (κ1) is 13.8. The molecule has 0 aliphatic heterocycles. The van der Waals surface area contributed by atoms with E-state index in [9.17, 15) is 9.59 Å². The number of benzene rings is 1. The lowest BCUT2D eigenvalue weighted by Gasteiger charge is -2.17. The summed E-state index contributed by atoms with van der Waals surface area (Å²) in [6.45, 7) is 1.31. The van der Waals surface area contributed by atoms with Crippen LogP contribution in [0.4, 0.5) is 5.69 Å².